The lowest BCUT2D eigenvalue weighted by Crippen LogP contribution is -2.20. The first-order valence-electron chi connectivity index (χ1n) is 10.2. The Kier molecular flexibility index (Phi) is 6.79. The summed E-state index contributed by atoms with van der Waals surface area (Å²) in [7, 11) is -3.85. The molecule has 0 bridgehead atoms. The lowest BCUT2D eigenvalue weighted by Gasteiger charge is -2.12. The molecule has 6 nitrogen and oxygen atoms in total. The zero-order valence-corrected chi connectivity index (χ0v) is 19.7. The van der Waals surface area contributed by atoms with Gasteiger partial charge in [0.2, 0.25) is 0 Å². The molecule has 3 aromatic carbocycles. The van der Waals surface area contributed by atoms with Crippen molar-refractivity contribution in [3.05, 3.63) is 94.0 Å². The summed E-state index contributed by atoms with van der Waals surface area (Å²) in [6.45, 7) is 9.63. The summed E-state index contributed by atoms with van der Waals surface area (Å²) >= 11 is 0. The van der Waals surface area contributed by atoms with Crippen LogP contribution in [0.1, 0.15) is 45.1 Å². The van der Waals surface area contributed by atoms with E-state index in [4.69, 9.17) is 0 Å². The first kappa shape index (κ1) is 23.2. The van der Waals surface area contributed by atoms with E-state index in [2.05, 4.69) is 15.2 Å². The SMILES string of the molecule is CC(=NNC(=O)c1cccc(S(=O)(=O)Nc2ccc(C)cc2C)c1)c1ccc(C)c(C)c1. The van der Waals surface area contributed by atoms with E-state index in [1.807, 2.05) is 58.0 Å². The summed E-state index contributed by atoms with van der Waals surface area (Å²) < 4.78 is 28.3. The molecule has 7 heteroatoms. The fourth-order valence-corrected chi connectivity index (χ4v) is 4.34. The Hall–Kier alpha value is -3.45. The summed E-state index contributed by atoms with van der Waals surface area (Å²) in [5, 5.41) is 4.17. The topological polar surface area (TPSA) is 87.6 Å². The average Bonchev–Trinajstić information content (AvgIpc) is 2.75. The lowest BCUT2D eigenvalue weighted by atomic mass is 10.0. The first-order chi connectivity index (χ1) is 15.1. The predicted molar refractivity (Wildman–Crippen MR) is 129 cm³/mol. The maximum atomic E-state index is 12.9. The second kappa shape index (κ2) is 9.36. The van der Waals surface area contributed by atoms with Crippen molar-refractivity contribution in [3.8, 4) is 0 Å². The van der Waals surface area contributed by atoms with Crippen molar-refractivity contribution in [1.82, 2.24) is 5.43 Å². The van der Waals surface area contributed by atoms with Crippen LogP contribution in [0.3, 0.4) is 0 Å². The van der Waals surface area contributed by atoms with Crippen molar-refractivity contribution < 1.29 is 13.2 Å². The van der Waals surface area contributed by atoms with Crippen LogP contribution in [0.4, 0.5) is 5.69 Å². The summed E-state index contributed by atoms with van der Waals surface area (Å²) in [6, 6.07) is 17.3. The third kappa shape index (κ3) is 5.42. The highest BCUT2D eigenvalue weighted by atomic mass is 32.2. The van der Waals surface area contributed by atoms with Gasteiger partial charge in [-0.25, -0.2) is 13.8 Å². The van der Waals surface area contributed by atoms with Gasteiger partial charge >= 0.3 is 0 Å². The average molecular weight is 450 g/mol. The number of amides is 1. The second-order valence-electron chi connectivity index (χ2n) is 7.89. The van der Waals surface area contributed by atoms with Crippen molar-refractivity contribution >= 4 is 27.3 Å². The van der Waals surface area contributed by atoms with E-state index >= 15 is 0 Å². The lowest BCUT2D eigenvalue weighted by molar-refractivity contribution is 0.0954. The van der Waals surface area contributed by atoms with E-state index < -0.39 is 15.9 Å². The molecule has 2 N–H and O–H groups in total. The van der Waals surface area contributed by atoms with E-state index in [9.17, 15) is 13.2 Å². The van der Waals surface area contributed by atoms with Gasteiger partial charge in [0, 0.05) is 5.56 Å². The fraction of sp³-hybridized carbons (Fsp3) is 0.200. The summed E-state index contributed by atoms with van der Waals surface area (Å²) in [6.07, 6.45) is 0. The Labute approximate surface area is 189 Å². The molecule has 166 valence electrons. The fourth-order valence-electron chi connectivity index (χ4n) is 3.17. The molecule has 0 spiro atoms. The molecule has 0 saturated heterocycles. The van der Waals surface area contributed by atoms with Crippen molar-refractivity contribution in [3.63, 3.8) is 0 Å². The molecule has 3 aromatic rings. The number of sulfonamides is 1. The Morgan fingerprint density at radius 3 is 2.25 bits per heavy atom. The molecule has 32 heavy (non-hydrogen) atoms. The smallest absolute Gasteiger partial charge is 0.271 e. The summed E-state index contributed by atoms with van der Waals surface area (Å²) in [5.74, 6) is -0.489. The van der Waals surface area contributed by atoms with E-state index in [1.165, 1.54) is 23.8 Å². The molecule has 0 radical (unpaired) electrons. The molecule has 0 aliphatic heterocycles. The second-order valence-corrected chi connectivity index (χ2v) is 9.57. The molecule has 0 aliphatic rings. The third-order valence-electron chi connectivity index (χ3n) is 5.28. The van der Waals surface area contributed by atoms with Crippen molar-refractivity contribution in [2.75, 3.05) is 4.72 Å². The number of hydrazone groups is 1. The van der Waals surface area contributed by atoms with Gasteiger partial charge in [0.05, 0.1) is 16.3 Å². The van der Waals surface area contributed by atoms with Crippen LogP contribution in [0, 0.1) is 27.7 Å². The van der Waals surface area contributed by atoms with Crippen LogP contribution in [0.5, 0.6) is 0 Å². The van der Waals surface area contributed by atoms with Crippen LogP contribution < -0.4 is 10.1 Å². The predicted octanol–water partition coefficient (Wildman–Crippen LogP) is 4.88. The van der Waals surface area contributed by atoms with E-state index in [0.29, 0.717) is 11.4 Å². The van der Waals surface area contributed by atoms with E-state index in [-0.39, 0.29) is 10.5 Å². The maximum Gasteiger partial charge on any atom is 0.271 e. The van der Waals surface area contributed by atoms with Gasteiger partial charge in [0.25, 0.3) is 15.9 Å². The normalized spacial score (nSPS) is 11.8. The van der Waals surface area contributed by atoms with Crippen LogP contribution >= 0.6 is 0 Å². The van der Waals surface area contributed by atoms with Crippen LogP contribution in [0.15, 0.2) is 70.7 Å². The van der Waals surface area contributed by atoms with Crippen LogP contribution in [0.25, 0.3) is 0 Å². The highest BCUT2D eigenvalue weighted by Gasteiger charge is 2.17. The van der Waals surface area contributed by atoms with Gasteiger partial charge in [0.1, 0.15) is 0 Å². The Morgan fingerprint density at radius 1 is 0.812 bits per heavy atom. The van der Waals surface area contributed by atoms with Crippen molar-refractivity contribution in [2.45, 2.75) is 39.5 Å². The highest BCUT2D eigenvalue weighted by Crippen LogP contribution is 2.21. The minimum absolute atomic E-state index is 0.0000131. The van der Waals surface area contributed by atoms with Crippen molar-refractivity contribution in [2.24, 2.45) is 5.10 Å². The van der Waals surface area contributed by atoms with Gasteiger partial charge in [-0.15, -0.1) is 0 Å². The molecule has 0 aromatic heterocycles. The molecular weight excluding hydrogens is 422 g/mol. The molecule has 0 fully saturated rings. The standard InChI is InChI=1S/C25H27N3O3S/c1-16-9-12-24(19(4)13-16)28-32(30,31)23-8-6-7-22(15-23)25(29)27-26-20(5)21-11-10-17(2)18(3)14-21/h6-15,28H,1-5H3,(H,27,29). The maximum absolute atomic E-state index is 12.9. The number of hydrogen-bond acceptors (Lipinski definition) is 4. The molecular formula is C25H27N3O3S. The zero-order chi connectivity index (χ0) is 23.5. The largest absolute Gasteiger partial charge is 0.279 e. The van der Waals surface area contributed by atoms with Crippen LogP contribution in [-0.2, 0) is 10.0 Å². The van der Waals surface area contributed by atoms with Gasteiger partial charge in [-0.05, 0) is 87.2 Å². The summed E-state index contributed by atoms with van der Waals surface area (Å²) in [4.78, 5) is 12.6. The Morgan fingerprint density at radius 2 is 1.56 bits per heavy atom. The Balaban J connectivity index is 1.78. The third-order valence-corrected chi connectivity index (χ3v) is 6.65. The molecule has 0 atom stereocenters. The van der Waals surface area contributed by atoms with Gasteiger partial charge in [-0.2, -0.15) is 5.10 Å². The Bertz CT molecular complexity index is 1310. The number of carbonyl (C=O) groups is 1. The summed E-state index contributed by atoms with van der Waals surface area (Å²) in [5.41, 5.74) is 8.94. The van der Waals surface area contributed by atoms with Gasteiger partial charge in [0.15, 0.2) is 0 Å². The molecule has 0 unspecified atom stereocenters. The highest BCUT2D eigenvalue weighted by molar-refractivity contribution is 7.92. The van der Waals surface area contributed by atoms with Gasteiger partial charge in [-0.3, -0.25) is 9.52 Å². The van der Waals surface area contributed by atoms with E-state index in [0.717, 1.165) is 22.3 Å². The molecule has 0 heterocycles. The quantitative estimate of drug-likeness (QED) is 0.415. The number of aryl methyl sites for hydroxylation is 4. The minimum Gasteiger partial charge on any atom is -0.279 e. The first-order valence-corrected chi connectivity index (χ1v) is 11.7. The number of benzene rings is 3. The van der Waals surface area contributed by atoms with Crippen LogP contribution in [0.2, 0.25) is 0 Å². The van der Waals surface area contributed by atoms with Crippen molar-refractivity contribution in [1.29, 1.82) is 0 Å². The molecule has 3 rings (SSSR count). The molecule has 1 amide bonds. The zero-order valence-electron chi connectivity index (χ0n) is 18.9. The molecule has 0 saturated carbocycles. The minimum atomic E-state index is -3.85. The van der Waals surface area contributed by atoms with E-state index in [1.54, 1.807) is 19.1 Å². The number of hydrogen-bond donors (Lipinski definition) is 2. The number of carbonyl (C=O) groups excluding carboxylic acids is 1. The monoisotopic (exact) mass is 449 g/mol. The van der Waals surface area contributed by atoms with Gasteiger partial charge < -0.3 is 0 Å². The molecule has 0 aliphatic carbocycles. The number of nitrogens with zero attached hydrogens (tertiary/aromatic N) is 1. The number of anilines is 1. The van der Waals surface area contributed by atoms with Gasteiger partial charge in [-0.1, -0.05) is 35.9 Å². The van der Waals surface area contributed by atoms with Crippen LogP contribution in [-0.4, -0.2) is 20.0 Å². The number of nitrogens with one attached hydrogen (secondary N) is 2. The number of rotatable bonds is 6.